The van der Waals surface area contributed by atoms with Crippen LogP contribution in [0.25, 0.3) is 0 Å². The summed E-state index contributed by atoms with van der Waals surface area (Å²) in [6.07, 6.45) is 8.31. The summed E-state index contributed by atoms with van der Waals surface area (Å²) in [5.74, 6) is 0.533. The van der Waals surface area contributed by atoms with Crippen molar-refractivity contribution in [3.8, 4) is 6.07 Å². The molecule has 1 aliphatic carbocycles. The second-order valence-corrected chi connectivity index (χ2v) is 9.65. The van der Waals surface area contributed by atoms with E-state index in [1.54, 1.807) is 7.11 Å². The van der Waals surface area contributed by atoms with E-state index in [4.69, 9.17) is 14.2 Å². The predicted octanol–water partition coefficient (Wildman–Crippen LogP) is 1.30. The van der Waals surface area contributed by atoms with Gasteiger partial charge >= 0.3 is 0 Å². The maximum Gasteiger partial charge on any atom is 0.239 e. The quantitative estimate of drug-likeness (QED) is 0.416. The Morgan fingerprint density at radius 3 is 2.52 bits per heavy atom. The Hall–Kier alpha value is -1.28. The molecule has 9 nitrogen and oxygen atoms in total. The van der Waals surface area contributed by atoms with E-state index in [-0.39, 0.29) is 11.9 Å². The van der Waals surface area contributed by atoms with Gasteiger partial charge in [-0.15, -0.1) is 0 Å². The van der Waals surface area contributed by atoms with Gasteiger partial charge in [0.2, 0.25) is 5.91 Å². The number of morpholine rings is 1. The molecule has 188 valence electrons. The number of amides is 1. The Kier molecular flexibility index (Phi) is 11.3. The van der Waals surface area contributed by atoms with Crippen LogP contribution in [0.4, 0.5) is 0 Å². The third-order valence-electron chi connectivity index (χ3n) is 7.23. The van der Waals surface area contributed by atoms with Crippen molar-refractivity contribution in [2.75, 3.05) is 72.9 Å². The Morgan fingerprint density at radius 1 is 1.12 bits per heavy atom. The standard InChI is InChI=1S/C24H43N5O4/c1-31-17-18-33-14-11-28-9-7-24(20-25,8-10-28)26-23(30)22(19-21-5-3-2-4-6-21)27-29-12-15-32-16-13-29/h21-22,27H,2-19H2,1H3,(H,26,30). The summed E-state index contributed by atoms with van der Waals surface area (Å²) < 4.78 is 16.0. The van der Waals surface area contributed by atoms with E-state index >= 15 is 0 Å². The Morgan fingerprint density at radius 2 is 1.85 bits per heavy atom. The van der Waals surface area contributed by atoms with Crippen LogP contribution in [-0.2, 0) is 19.0 Å². The van der Waals surface area contributed by atoms with Crippen molar-refractivity contribution in [2.24, 2.45) is 5.92 Å². The van der Waals surface area contributed by atoms with E-state index < -0.39 is 5.54 Å². The average molecular weight is 466 g/mol. The van der Waals surface area contributed by atoms with Gasteiger partial charge in [-0.25, -0.2) is 10.4 Å². The number of likely N-dealkylation sites (tertiary alicyclic amines) is 1. The molecular formula is C24H43N5O4. The summed E-state index contributed by atoms with van der Waals surface area (Å²) in [5.41, 5.74) is 2.69. The van der Waals surface area contributed by atoms with Crippen LogP contribution in [0, 0.1) is 17.2 Å². The summed E-state index contributed by atoms with van der Waals surface area (Å²) in [4.78, 5) is 15.8. The molecule has 0 spiro atoms. The van der Waals surface area contributed by atoms with E-state index in [0.29, 0.717) is 51.8 Å². The van der Waals surface area contributed by atoms with E-state index in [2.05, 4.69) is 26.7 Å². The highest BCUT2D eigenvalue weighted by Crippen LogP contribution is 2.28. The minimum atomic E-state index is -0.790. The molecule has 0 aromatic rings. The fraction of sp³-hybridized carbons (Fsp3) is 0.917. The van der Waals surface area contributed by atoms with Crippen LogP contribution in [-0.4, -0.2) is 100 Å². The average Bonchev–Trinajstić information content (AvgIpc) is 2.86. The van der Waals surface area contributed by atoms with Gasteiger partial charge in [-0.3, -0.25) is 4.79 Å². The van der Waals surface area contributed by atoms with Gasteiger partial charge < -0.3 is 24.4 Å². The highest BCUT2D eigenvalue weighted by atomic mass is 16.5. The molecule has 0 radical (unpaired) electrons. The zero-order chi connectivity index (χ0) is 23.4. The number of nitrogens with zero attached hydrogens (tertiary/aromatic N) is 3. The first kappa shape index (κ1) is 26.3. The highest BCUT2D eigenvalue weighted by Gasteiger charge is 2.38. The van der Waals surface area contributed by atoms with Crippen LogP contribution in [0.2, 0.25) is 0 Å². The number of nitrogens with one attached hydrogen (secondary N) is 2. The molecule has 0 bridgehead atoms. The number of ether oxygens (including phenoxy) is 3. The number of carbonyl (C=O) groups is 1. The fourth-order valence-corrected chi connectivity index (χ4v) is 5.07. The summed E-state index contributed by atoms with van der Waals surface area (Å²) >= 11 is 0. The minimum absolute atomic E-state index is 0.0371. The lowest BCUT2D eigenvalue weighted by atomic mass is 9.84. The molecule has 9 heteroatoms. The SMILES string of the molecule is COCCOCCN1CCC(C#N)(NC(=O)C(CC2CCCCC2)NN2CCOCC2)CC1. The van der Waals surface area contributed by atoms with Crippen molar-refractivity contribution in [3.63, 3.8) is 0 Å². The lowest BCUT2D eigenvalue weighted by Gasteiger charge is -2.39. The highest BCUT2D eigenvalue weighted by molar-refractivity contribution is 5.82. The van der Waals surface area contributed by atoms with E-state index in [1.807, 2.05) is 0 Å². The zero-order valence-corrected chi connectivity index (χ0v) is 20.4. The maximum atomic E-state index is 13.4. The molecule has 3 fully saturated rings. The van der Waals surface area contributed by atoms with Gasteiger partial charge in [0.25, 0.3) is 0 Å². The predicted molar refractivity (Wildman–Crippen MR) is 125 cm³/mol. The molecule has 2 heterocycles. The van der Waals surface area contributed by atoms with Crippen molar-refractivity contribution >= 4 is 5.91 Å². The molecule has 3 aliphatic rings. The molecule has 33 heavy (non-hydrogen) atoms. The van der Waals surface area contributed by atoms with Gasteiger partial charge in [0.15, 0.2) is 0 Å². The maximum absolute atomic E-state index is 13.4. The lowest BCUT2D eigenvalue weighted by molar-refractivity contribution is -0.128. The summed E-state index contributed by atoms with van der Waals surface area (Å²) in [5, 5.41) is 15.3. The number of rotatable bonds is 12. The van der Waals surface area contributed by atoms with Crippen molar-refractivity contribution < 1.29 is 19.0 Å². The van der Waals surface area contributed by atoms with E-state index in [1.165, 1.54) is 32.1 Å². The first-order chi connectivity index (χ1) is 16.1. The number of hydrogen-bond acceptors (Lipinski definition) is 8. The van der Waals surface area contributed by atoms with Crippen LogP contribution >= 0.6 is 0 Å². The van der Waals surface area contributed by atoms with E-state index in [9.17, 15) is 10.1 Å². The molecule has 2 aliphatic heterocycles. The van der Waals surface area contributed by atoms with Crippen molar-refractivity contribution in [1.82, 2.24) is 20.7 Å². The number of methoxy groups -OCH3 is 1. The normalized spacial score (nSPS) is 23.6. The van der Waals surface area contributed by atoms with Crippen molar-refractivity contribution in [2.45, 2.75) is 62.9 Å². The Balaban J connectivity index is 1.52. The van der Waals surface area contributed by atoms with Gasteiger partial charge in [-0.1, -0.05) is 32.1 Å². The van der Waals surface area contributed by atoms with Crippen molar-refractivity contribution in [1.29, 1.82) is 5.26 Å². The molecule has 0 aromatic heterocycles. The topological polar surface area (TPSA) is 99.1 Å². The third-order valence-corrected chi connectivity index (χ3v) is 7.23. The van der Waals surface area contributed by atoms with Gasteiger partial charge in [0.05, 0.1) is 39.1 Å². The first-order valence-electron chi connectivity index (χ1n) is 12.8. The smallest absolute Gasteiger partial charge is 0.239 e. The molecule has 1 amide bonds. The second-order valence-electron chi connectivity index (χ2n) is 9.65. The summed E-state index contributed by atoms with van der Waals surface area (Å²) in [6.45, 7) is 7.17. The third kappa shape index (κ3) is 8.78. The largest absolute Gasteiger partial charge is 0.382 e. The molecule has 0 aromatic carbocycles. The zero-order valence-electron chi connectivity index (χ0n) is 20.4. The van der Waals surface area contributed by atoms with Crippen LogP contribution in [0.1, 0.15) is 51.4 Å². The fourth-order valence-electron chi connectivity index (χ4n) is 5.07. The molecule has 2 N–H and O–H groups in total. The molecular weight excluding hydrogens is 422 g/mol. The van der Waals surface area contributed by atoms with Crippen LogP contribution in [0.15, 0.2) is 0 Å². The molecule has 1 saturated carbocycles. The first-order valence-corrected chi connectivity index (χ1v) is 12.8. The van der Waals surface area contributed by atoms with Gasteiger partial charge in [-0.05, 0) is 25.2 Å². The van der Waals surface area contributed by atoms with Crippen LogP contribution in [0.5, 0.6) is 0 Å². The lowest BCUT2D eigenvalue weighted by Crippen LogP contribution is -2.61. The molecule has 1 unspecified atom stereocenters. The number of nitriles is 1. The second kappa shape index (κ2) is 14.2. The summed E-state index contributed by atoms with van der Waals surface area (Å²) in [6, 6.07) is 2.15. The molecule has 1 atom stereocenters. The Bertz CT molecular complexity index is 588. The van der Waals surface area contributed by atoms with Crippen molar-refractivity contribution in [3.05, 3.63) is 0 Å². The van der Waals surface area contributed by atoms with Gasteiger partial charge in [0, 0.05) is 39.8 Å². The van der Waals surface area contributed by atoms with Gasteiger partial charge in [0.1, 0.15) is 11.6 Å². The number of hydrazine groups is 1. The van der Waals surface area contributed by atoms with Gasteiger partial charge in [-0.2, -0.15) is 5.26 Å². The van der Waals surface area contributed by atoms with Crippen LogP contribution < -0.4 is 10.7 Å². The van der Waals surface area contributed by atoms with E-state index in [0.717, 1.165) is 39.1 Å². The Labute approximate surface area is 199 Å². The molecule has 2 saturated heterocycles. The number of carbonyl (C=O) groups excluding carboxylic acids is 1. The number of hydrogen-bond donors (Lipinski definition) is 2. The van der Waals surface area contributed by atoms with Crippen LogP contribution in [0.3, 0.4) is 0 Å². The molecule has 3 rings (SSSR count). The number of piperidine rings is 1. The monoisotopic (exact) mass is 465 g/mol. The summed E-state index contributed by atoms with van der Waals surface area (Å²) in [7, 11) is 1.67. The minimum Gasteiger partial charge on any atom is -0.382 e.